The fourth-order valence-electron chi connectivity index (χ4n) is 3.84. The predicted molar refractivity (Wildman–Crippen MR) is 111 cm³/mol. The molecule has 0 heterocycles. The zero-order valence-corrected chi connectivity index (χ0v) is 17.5. The zero-order valence-electron chi connectivity index (χ0n) is 16.5. The summed E-state index contributed by atoms with van der Waals surface area (Å²) in [6.45, 7) is 9.54. The van der Waals surface area contributed by atoms with E-state index in [-0.39, 0.29) is 0 Å². The molecule has 1 heteroatoms. The third-order valence-corrected chi connectivity index (χ3v) is 11.4. The zero-order chi connectivity index (χ0) is 16.5. The van der Waals surface area contributed by atoms with Gasteiger partial charge in [-0.3, -0.25) is 0 Å². The van der Waals surface area contributed by atoms with Crippen molar-refractivity contribution in [1.29, 1.82) is 0 Å². The van der Waals surface area contributed by atoms with Crippen molar-refractivity contribution in [2.45, 2.75) is 111 Å². The summed E-state index contributed by atoms with van der Waals surface area (Å²) in [5.41, 5.74) is 0. The van der Waals surface area contributed by atoms with Crippen LogP contribution in [0.25, 0.3) is 0 Å². The van der Waals surface area contributed by atoms with Gasteiger partial charge in [-0.2, -0.15) is 0 Å². The van der Waals surface area contributed by atoms with Gasteiger partial charge in [0.15, 0.2) is 0 Å². The second-order valence-corrected chi connectivity index (χ2v) is 12.8. The molecule has 0 aromatic heterocycles. The molecule has 22 heavy (non-hydrogen) atoms. The summed E-state index contributed by atoms with van der Waals surface area (Å²) in [7, 11) is -0.919. The third-order valence-electron chi connectivity index (χ3n) is 5.68. The molecule has 0 aromatic carbocycles. The SMILES string of the molecule is CCCCCCCC[PH](CC)(CCCC)CCCCCCC. The van der Waals surface area contributed by atoms with E-state index in [9.17, 15) is 0 Å². The Balaban J connectivity index is 4.08. The van der Waals surface area contributed by atoms with Gasteiger partial charge >= 0.3 is 143 Å². The summed E-state index contributed by atoms with van der Waals surface area (Å²) < 4.78 is 0. The van der Waals surface area contributed by atoms with Crippen LogP contribution in [-0.2, 0) is 0 Å². The van der Waals surface area contributed by atoms with E-state index in [1.165, 1.54) is 70.6 Å². The summed E-state index contributed by atoms with van der Waals surface area (Å²) >= 11 is 0. The fraction of sp³-hybridized carbons (Fsp3) is 1.00. The van der Waals surface area contributed by atoms with Crippen LogP contribution in [0.15, 0.2) is 0 Å². The van der Waals surface area contributed by atoms with Crippen molar-refractivity contribution in [2.75, 3.05) is 24.6 Å². The van der Waals surface area contributed by atoms with Crippen molar-refractivity contribution < 1.29 is 0 Å². The van der Waals surface area contributed by atoms with Crippen LogP contribution >= 0.6 is 7.26 Å². The van der Waals surface area contributed by atoms with E-state index in [0.29, 0.717) is 0 Å². The standard InChI is InChI=1S/C21H47P/c1-5-9-12-14-16-18-21-22(8-4,19-11-7-3)20-17-15-13-10-6-2/h22H,5-21H2,1-4H3. The monoisotopic (exact) mass is 330 g/mol. The van der Waals surface area contributed by atoms with Gasteiger partial charge < -0.3 is 0 Å². The van der Waals surface area contributed by atoms with E-state index in [1.54, 1.807) is 37.5 Å². The van der Waals surface area contributed by atoms with Gasteiger partial charge in [0, 0.05) is 0 Å². The van der Waals surface area contributed by atoms with Gasteiger partial charge in [0.1, 0.15) is 0 Å². The van der Waals surface area contributed by atoms with E-state index in [1.807, 2.05) is 0 Å². The molecule has 0 radical (unpaired) electrons. The van der Waals surface area contributed by atoms with Crippen LogP contribution in [0.4, 0.5) is 0 Å². The van der Waals surface area contributed by atoms with Crippen molar-refractivity contribution >= 4 is 7.26 Å². The summed E-state index contributed by atoms with van der Waals surface area (Å²) in [5, 5.41) is 0. The minimum atomic E-state index is -0.919. The van der Waals surface area contributed by atoms with Crippen molar-refractivity contribution in [3.63, 3.8) is 0 Å². The first-order valence-corrected chi connectivity index (χ1v) is 13.6. The Morgan fingerprint density at radius 2 is 0.773 bits per heavy atom. The molecule has 0 nitrogen and oxygen atoms in total. The second kappa shape index (κ2) is 16.3. The quantitative estimate of drug-likeness (QED) is 0.188. The predicted octanol–water partition coefficient (Wildman–Crippen LogP) is 7.89. The van der Waals surface area contributed by atoms with Gasteiger partial charge in [-0.25, -0.2) is 0 Å². The molecule has 0 aliphatic heterocycles. The first-order valence-electron chi connectivity index (χ1n) is 10.7. The van der Waals surface area contributed by atoms with Crippen molar-refractivity contribution in [2.24, 2.45) is 0 Å². The van der Waals surface area contributed by atoms with Crippen molar-refractivity contribution in [3.05, 3.63) is 0 Å². The number of hydrogen-bond acceptors (Lipinski definition) is 0. The van der Waals surface area contributed by atoms with Gasteiger partial charge in [0.05, 0.1) is 0 Å². The van der Waals surface area contributed by atoms with Crippen LogP contribution in [0.3, 0.4) is 0 Å². The molecule has 0 aliphatic carbocycles. The van der Waals surface area contributed by atoms with E-state index in [2.05, 4.69) is 27.7 Å². The summed E-state index contributed by atoms with van der Waals surface area (Å²) in [6, 6.07) is 0. The molecule has 136 valence electrons. The molecule has 0 amide bonds. The molecule has 0 aromatic rings. The van der Waals surface area contributed by atoms with Gasteiger partial charge in [0.25, 0.3) is 0 Å². The minimum absolute atomic E-state index is 0.919. The molecule has 0 unspecified atom stereocenters. The molecule has 0 bridgehead atoms. The number of hydrogen-bond donors (Lipinski definition) is 0. The Bertz CT molecular complexity index is 214. The normalized spacial score (nSPS) is 12.7. The van der Waals surface area contributed by atoms with Crippen LogP contribution in [0, 0.1) is 0 Å². The molecule has 0 rings (SSSR count). The average molecular weight is 331 g/mol. The summed E-state index contributed by atoms with van der Waals surface area (Å²) in [5.74, 6) is 0. The van der Waals surface area contributed by atoms with Gasteiger partial charge in [-0.15, -0.1) is 0 Å². The average Bonchev–Trinajstić information content (AvgIpc) is 2.55. The molecule has 0 aliphatic rings. The third kappa shape index (κ3) is 11.9. The Labute approximate surface area is 143 Å². The topological polar surface area (TPSA) is 0 Å². The molecular formula is C21H47P. The van der Waals surface area contributed by atoms with E-state index < -0.39 is 7.26 Å². The Morgan fingerprint density at radius 1 is 0.409 bits per heavy atom. The van der Waals surface area contributed by atoms with Crippen LogP contribution in [0.1, 0.15) is 111 Å². The molecule has 0 saturated heterocycles. The second-order valence-electron chi connectivity index (χ2n) is 7.64. The first kappa shape index (κ1) is 22.4. The Kier molecular flexibility index (Phi) is 16.6. The van der Waals surface area contributed by atoms with Crippen LogP contribution < -0.4 is 0 Å². The molecular weight excluding hydrogens is 283 g/mol. The van der Waals surface area contributed by atoms with Crippen LogP contribution in [-0.4, -0.2) is 24.6 Å². The Morgan fingerprint density at radius 3 is 1.18 bits per heavy atom. The molecule has 0 N–H and O–H groups in total. The van der Waals surface area contributed by atoms with E-state index in [0.717, 1.165) is 0 Å². The fourth-order valence-corrected chi connectivity index (χ4v) is 8.76. The number of rotatable bonds is 17. The molecule has 0 atom stereocenters. The van der Waals surface area contributed by atoms with Crippen molar-refractivity contribution in [1.82, 2.24) is 0 Å². The first-order chi connectivity index (χ1) is 10.7. The maximum absolute atomic E-state index is 2.52. The van der Waals surface area contributed by atoms with Crippen LogP contribution in [0.5, 0.6) is 0 Å². The number of unbranched alkanes of at least 4 members (excludes halogenated alkanes) is 10. The van der Waals surface area contributed by atoms with E-state index >= 15 is 0 Å². The molecule has 0 spiro atoms. The van der Waals surface area contributed by atoms with Crippen LogP contribution in [0.2, 0.25) is 0 Å². The summed E-state index contributed by atoms with van der Waals surface area (Å²) in [6.07, 6.45) is 25.6. The maximum atomic E-state index is 2.52. The molecule has 0 saturated carbocycles. The van der Waals surface area contributed by atoms with E-state index in [4.69, 9.17) is 0 Å². The Hall–Kier alpha value is 0.430. The van der Waals surface area contributed by atoms with Gasteiger partial charge in [0.2, 0.25) is 0 Å². The van der Waals surface area contributed by atoms with Gasteiger partial charge in [-0.05, 0) is 0 Å². The van der Waals surface area contributed by atoms with Gasteiger partial charge in [-0.1, -0.05) is 0 Å². The van der Waals surface area contributed by atoms with Crippen molar-refractivity contribution in [3.8, 4) is 0 Å². The molecule has 0 fully saturated rings. The summed E-state index contributed by atoms with van der Waals surface area (Å²) in [4.78, 5) is 0.